The molecule has 156 valence electrons. The van der Waals surface area contributed by atoms with Crippen LogP contribution >= 0.6 is 0 Å². The van der Waals surface area contributed by atoms with Gasteiger partial charge in [-0.25, -0.2) is 10.2 Å². The van der Waals surface area contributed by atoms with E-state index in [1.165, 1.54) is 6.21 Å². The molecule has 0 aliphatic heterocycles. The molecule has 0 saturated heterocycles. The molecule has 31 heavy (non-hydrogen) atoms. The second-order valence-electron chi connectivity index (χ2n) is 6.76. The lowest BCUT2D eigenvalue weighted by atomic mass is 10.1. The quantitative estimate of drug-likeness (QED) is 0.219. The topological polar surface area (TPSA) is 96.9 Å². The molecule has 3 rings (SSSR count). The summed E-state index contributed by atoms with van der Waals surface area (Å²) in [6, 6.07) is 20.9. The summed E-state index contributed by atoms with van der Waals surface area (Å²) in [5.74, 6) is -2.00. The fraction of sp³-hybridized carbons (Fsp3) is 0.0833. The second-order valence-corrected chi connectivity index (χ2v) is 6.76. The first-order chi connectivity index (χ1) is 14.9. The molecule has 0 aromatic heterocycles. The van der Waals surface area contributed by atoms with E-state index in [4.69, 9.17) is 4.74 Å². The Morgan fingerprint density at radius 2 is 1.52 bits per heavy atom. The van der Waals surface area contributed by atoms with Crippen LogP contribution in [0.2, 0.25) is 0 Å². The minimum atomic E-state index is -0.925. The molecule has 3 aromatic rings. The minimum absolute atomic E-state index is 0.276. The highest BCUT2D eigenvalue weighted by atomic mass is 16.5. The molecular formula is C24H21N3O4. The summed E-state index contributed by atoms with van der Waals surface area (Å²) in [5, 5.41) is 6.28. The molecular weight excluding hydrogens is 394 g/mol. The summed E-state index contributed by atoms with van der Waals surface area (Å²) < 4.78 is 5.48. The van der Waals surface area contributed by atoms with Crippen LogP contribution in [0.4, 0.5) is 5.69 Å². The summed E-state index contributed by atoms with van der Waals surface area (Å²) >= 11 is 0. The van der Waals surface area contributed by atoms with E-state index in [0.717, 1.165) is 11.1 Å². The largest absolute Gasteiger partial charge is 0.422 e. The third-order valence-corrected chi connectivity index (χ3v) is 4.37. The van der Waals surface area contributed by atoms with Gasteiger partial charge in [-0.15, -0.1) is 0 Å². The first kappa shape index (κ1) is 21.4. The fourth-order valence-corrected chi connectivity index (χ4v) is 2.67. The number of rotatable bonds is 5. The number of nitrogens with one attached hydrogen (secondary N) is 2. The molecule has 0 spiro atoms. The van der Waals surface area contributed by atoms with Crippen molar-refractivity contribution in [2.45, 2.75) is 13.8 Å². The van der Waals surface area contributed by atoms with Gasteiger partial charge in [0.25, 0.3) is 0 Å². The number of ether oxygens (including phenoxy) is 1. The lowest BCUT2D eigenvalue weighted by Gasteiger charge is -2.09. The smallest absolute Gasteiger partial charge is 0.343 e. The van der Waals surface area contributed by atoms with E-state index in [1.807, 2.05) is 38.1 Å². The van der Waals surface area contributed by atoms with Crippen molar-refractivity contribution in [2.24, 2.45) is 5.10 Å². The molecule has 0 fully saturated rings. The van der Waals surface area contributed by atoms with Crippen LogP contribution in [0.3, 0.4) is 0 Å². The molecule has 0 aliphatic rings. The Morgan fingerprint density at radius 1 is 0.839 bits per heavy atom. The van der Waals surface area contributed by atoms with Crippen molar-refractivity contribution in [3.05, 3.63) is 95.1 Å². The van der Waals surface area contributed by atoms with Gasteiger partial charge in [0.15, 0.2) is 0 Å². The average Bonchev–Trinajstić information content (AvgIpc) is 2.76. The number of aryl methyl sites for hydroxylation is 2. The van der Waals surface area contributed by atoms with Gasteiger partial charge in [-0.2, -0.15) is 5.10 Å². The summed E-state index contributed by atoms with van der Waals surface area (Å²) in [6.45, 7) is 3.74. The molecule has 0 atom stereocenters. The van der Waals surface area contributed by atoms with Crippen molar-refractivity contribution < 1.29 is 19.1 Å². The number of nitrogens with zero attached hydrogens (tertiary/aromatic N) is 1. The van der Waals surface area contributed by atoms with Crippen LogP contribution in [0.5, 0.6) is 5.75 Å². The highest BCUT2D eigenvalue weighted by molar-refractivity contribution is 6.39. The van der Waals surface area contributed by atoms with Crippen LogP contribution in [0, 0.1) is 13.8 Å². The average molecular weight is 415 g/mol. The van der Waals surface area contributed by atoms with Gasteiger partial charge in [0.2, 0.25) is 0 Å². The molecule has 7 heteroatoms. The van der Waals surface area contributed by atoms with Crippen molar-refractivity contribution in [2.75, 3.05) is 5.32 Å². The van der Waals surface area contributed by atoms with Crippen molar-refractivity contribution in [1.29, 1.82) is 0 Å². The van der Waals surface area contributed by atoms with Gasteiger partial charge in [0.1, 0.15) is 5.75 Å². The highest BCUT2D eigenvalue weighted by Crippen LogP contribution is 2.19. The van der Waals surface area contributed by atoms with E-state index in [-0.39, 0.29) is 5.75 Å². The summed E-state index contributed by atoms with van der Waals surface area (Å²) in [5.41, 5.74) is 5.41. The van der Waals surface area contributed by atoms with E-state index in [0.29, 0.717) is 16.8 Å². The maximum atomic E-state index is 12.5. The van der Waals surface area contributed by atoms with Gasteiger partial charge >= 0.3 is 17.8 Å². The van der Waals surface area contributed by atoms with E-state index < -0.39 is 17.8 Å². The highest BCUT2D eigenvalue weighted by Gasteiger charge is 2.14. The van der Waals surface area contributed by atoms with Crippen LogP contribution in [-0.2, 0) is 9.59 Å². The second kappa shape index (κ2) is 9.98. The van der Waals surface area contributed by atoms with E-state index >= 15 is 0 Å². The fourth-order valence-electron chi connectivity index (χ4n) is 2.67. The molecule has 0 radical (unpaired) electrons. The number of anilines is 1. The summed E-state index contributed by atoms with van der Waals surface area (Å²) in [4.78, 5) is 36.4. The third kappa shape index (κ3) is 5.86. The van der Waals surface area contributed by atoms with Crippen LogP contribution in [0.25, 0.3) is 0 Å². The number of hydrogen-bond donors (Lipinski definition) is 2. The van der Waals surface area contributed by atoms with Gasteiger partial charge in [-0.3, -0.25) is 9.59 Å². The predicted octanol–water partition coefficient (Wildman–Crippen LogP) is 3.61. The molecule has 0 saturated carbocycles. The number of hydrazone groups is 1. The molecule has 2 amide bonds. The molecule has 2 N–H and O–H groups in total. The lowest BCUT2D eigenvalue weighted by Crippen LogP contribution is -2.32. The summed E-state index contributed by atoms with van der Waals surface area (Å²) in [7, 11) is 0. The lowest BCUT2D eigenvalue weighted by molar-refractivity contribution is -0.136. The maximum Gasteiger partial charge on any atom is 0.343 e. The maximum absolute atomic E-state index is 12.5. The van der Waals surface area contributed by atoms with Gasteiger partial charge < -0.3 is 10.1 Å². The molecule has 0 heterocycles. The Hall–Kier alpha value is -4.26. The summed E-state index contributed by atoms with van der Waals surface area (Å²) in [6.07, 6.45) is 1.30. The first-order valence-corrected chi connectivity index (χ1v) is 9.52. The predicted molar refractivity (Wildman–Crippen MR) is 118 cm³/mol. The van der Waals surface area contributed by atoms with Crippen LogP contribution in [-0.4, -0.2) is 24.0 Å². The van der Waals surface area contributed by atoms with Crippen molar-refractivity contribution in [1.82, 2.24) is 5.43 Å². The number of esters is 1. The molecule has 7 nitrogen and oxygen atoms in total. The van der Waals surface area contributed by atoms with Gasteiger partial charge in [-0.05, 0) is 49.7 Å². The van der Waals surface area contributed by atoms with Crippen molar-refractivity contribution in [3.8, 4) is 5.75 Å². The number of para-hydroxylation sites is 1. The standard InChI is InChI=1S/C24H21N3O4/c1-16-11-13-19(14-12-16)26-22(28)23(29)27-25-15-18-8-4-6-10-21(18)31-24(30)20-9-5-3-7-17(20)2/h3-15H,1-2H3,(H,26,28)(H,27,29). The Labute approximate surface area is 179 Å². The first-order valence-electron chi connectivity index (χ1n) is 9.52. The molecule has 0 aliphatic carbocycles. The van der Waals surface area contributed by atoms with Gasteiger partial charge in [0, 0.05) is 11.3 Å². The SMILES string of the molecule is Cc1ccc(NC(=O)C(=O)NN=Cc2ccccc2OC(=O)c2ccccc2C)cc1. The Kier molecular flexibility index (Phi) is 6.90. The number of benzene rings is 3. The van der Waals surface area contributed by atoms with Gasteiger partial charge in [0.05, 0.1) is 11.8 Å². The zero-order chi connectivity index (χ0) is 22.2. The van der Waals surface area contributed by atoms with Crippen molar-refractivity contribution in [3.63, 3.8) is 0 Å². The molecule has 0 bridgehead atoms. The Bertz CT molecular complexity index is 1140. The van der Waals surface area contributed by atoms with Crippen molar-refractivity contribution >= 4 is 29.7 Å². The van der Waals surface area contributed by atoms with Crippen LogP contribution in [0.15, 0.2) is 77.9 Å². The van der Waals surface area contributed by atoms with E-state index in [9.17, 15) is 14.4 Å². The minimum Gasteiger partial charge on any atom is -0.422 e. The Balaban J connectivity index is 1.63. The molecule has 0 unspecified atom stereocenters. The van der Waals surface area contributed by atoms with Gasteiger partial charge in [-0.1, -0.05) is 48.0 Å². The van der Waals surface area contributed by atoms with Crippen LogP contribution < -0.4 is 15.5 Å². The Morgan fingerprint density at radius 3 is 2.26 bits per heavy atom. The third-order valence-electron chi connectivity index (χ3n) is 4.37. The zero-order valence-corrected chi connectivity index (χ0v) is 17.1. The number of hydrogen-bond acceptors (Lipinski definition) is 5. The van der Waals surface area contributed by atoms with E-state index in [1.54, 1.807) is 48.5 Å². The number of carbonyl (C=O) groups excluding carboxylic acids is 3. The van der Waals surface area contributed by atoms with E-state index in [2.05, 4.69) is 15.8 Å². The van der Waals surface area contributed by atoms with Crippen LogP contribution in [0.1, 0.15) is 27.0 Å². The monoisotopic (exact) mass is 415 g/mol. The normalized spacial score (nSPS) is 10.5. The number of carbonyl (C=O) groups is 3. The molecule has 3 aromatic carbocycles. The zero-order valence-electron chi connectivity index (χ0n) is 17.1. The number of amides is 2.